The van der Waals surface area contributed by atoms with E-state index >= 15 is 0 Å². The third-order valence-corrected chi connectivity index (χ3v) is 5.39. The number of benzene rings is 2. The number of carbonyl (C=O) groups excluding carboxylic acids is 2. The summed E-state index contributed by atoms with van der Waals surface area (Å²) < 4.78 is 12.6. The van der Waals surface area contributed by atoms with Crippen molar-refractivity contribution in [2.24, 2.45) is 0 Å². The van der Waals surface area contributed by atoms with Gasteiger partial charge in [-0.15, -0.1) is 0 Å². The predicted molar refractivity (Wildman–Crippen MR) is 112 cm³/mol. The molecule has 8 heteroatoms. The van der Waals surface area contributed by atoms with E-state index in [4.69, 9.17) is 9.47 Å². The number of para-hydroxylation sites is 1. The fraction of sp³-hybridized carbons (Fsp3) is 0.318. The molecule has 0 fully saturated rings. The van der Waals surface area contributed by atoms with Crippen LogP contribution in [-0.2, 0) is 13.1 Å². The second kappa shape index (κ2) is 8.06. The van der Waals surface area contributed by atoms with Gasteiger partial charge >= 0.3 is 0 Å². The highest BCUT2D eigenvalue weighted by atomic mass is 16.5. The number of rotatable bonds is 6. The van der Waals surface area contributed by atoms with E-state index in [0.29, 0.717) is 54.6 Å². The maximum absolute atomic E-state index is 12.7. The highest BCUT2D eigenvalue weighted by Gasteiger charge is 2.27. The van der Waals surface area contributed by atoms with Crippen molar-refractivity contribution in [2.75, 3.05) is 27.3 Å². The van der Waals surface area contributed by atoms with Crippen molar-refractivity contribution < 1.29 is 19.1 Å². The number of hydrogen-bond acceptors (Lipinski definition) is 5. The number of methoxy groups -OCH3 is 2. The van der Waals surface area contributed by atoms with E-state index in [0.717, 1.165) is 11.1 Å². The molecule has 2 heterocycles. The van der Waals surface area contributed by atoms with Gasteiger partial charge < -0.3 is 24.3 Å². The van der Waals surface area contributed by atoms with E-state index in [9.17, 15) is 9.59 Å². The quantitative estimate of drug-likeness (QED) is 0.677. The monoisotopic (exact) mass is 408 g/mol. The first-order chi connectivity index (χ1) is 14.6. The van der Waals surface area contributed by atoms with Crippen molar-refractivity contribution in [3.05, 3.63) is 53.3 Å². The number of ether oxygens (including phenoxy) is 2. The van der Waals surface area contributed by atoms with Crippen molar-refractivity contribution in [3.63, 3.8) is 0 Å². The minimum atomic E-state index is -0.228. The Morgan fingerprint density at radius 3 is 2.73 bits per heavy atom. The highest BCUT2D eigenvalue weighted by molar-refractivity contribution is 6.00. The van der Waals surface area contributed by atoms with Gasteiger partial charge in [0.15, 0.2) is 17.3 Å². The van der Waals surface area contributed by atoms with Gasteiger partial charge in [0.2, 0.25) is 0 Å². The second-order valence-electron chi connectivity index (χ2n) is 7.01. The molecule has 0 saturated heterocycles. The first-order valence-corrected chi connectivity index (χ1v) is 9.85. The topological polar surface area (TPSA) is 85.7 Å². The summed E-state index contributed by atoms with van der Waals surface area (Å²) in [5.41, 5.74) is 2.80. The summed E-state index contributed by atoms with van der Waals surface area (Å²) in [6, 6.07) is 10.9. The Morgan fingerprint density at radius 1 is 1.17 bits per heavy atom. The van der Waals surface area contributed by atoms with Crippen LogP contribution in [0.15, 0.2) is 36.4 Å². The van der Waals surface area contributed by atoms with Crippen LogP contribution in [-0.4, -0.2) is 53.6 Å². The molecule has 156 valence electrons. The van der Waals surface area contributed by atoms with E-state index in [1.54, 1.807) is 37.3 Å². The van der Waals surface area contributed by atoms with Crippen LogP contribution in [0.3, 0.4) is 0 Å². The zero-order valence-electron chi connectivity index (χ0n) is 17.3. The number of nitrogens with one attached hydrogen (secondary N) is 1. The molecular formula is C22H24N4O4. The van der Waals surface area contributed by atoms with Crippen molar-refractivity contribution in [2.45, 2.75) is 20.0 Å². The van der Waals surface area contributed by atoms with Crippen molar-refractivity contribution in [1.82, 2.24) is 19.8 Å². The standard InChI is InChI=1S/C22H24N4O4/c1-4-25-10-11-26-17-9-8-14(12-16(17)24-20(26)22(25)28)21(27)23-13-15-6-5-7-18(29-2)19(15)30-3/h5-9,12H,4,10-11,13H2,1-3H3,(H,23,27). The van der Waals surface area contributed by atoms with Crippen molar-refractivity contribution in [3.8, 4) is 11.5 Å². The van der Waals surface area contributed by atoms with Gasteiger partial charge in [-0.05, 0) is 31.2 Å². The molecule has 3 aromatic rings. The van der Waals surface area contributed by atoms with Gasteiger partial charge in [0, 0.05) is 37.3 Å². The normalized spacial score (nSPS) is 13.3. The molecule has 0 saturated carbocycles. The number of aromatic nitrogens is 2. The Kier molecular flexibility index (Phi) is 5.31. The van der Waals surface area contributed by atoms with Gasteiger partial charge in [-0.25, -0.2) is 4.98 Å². The molecule has 0 spiro atoms. The van der Waals surface area contributed by atoms with Crippen LogP contribution in [0.5, 0.6) is 11.5 Å². The lowest BCUT2D eigenvalue weighted by atomic mass is 10.1. The number of imidazole rings is 1. The lowest BCUT2D eigenvalue weighted by Gasteiger charge is -2.26. The van der Waals surface area contributed by atoms with Gasteiger partial charge in [-0.1, -0.05) is 12.1 Å². The molecule has 2 amide bonds. The van der Waals surface area contributed by atoms with Gasteiger partial charge in [-0.3, -0.25) is 9.59 Å². The molecular weight excluding hydrogens is 384 g/mol. The minimum absolute atomic E-state index is 0.0731. The van der Waals surface area contributed by atoms with Gasteiger partial charge in [-0.2, -0.15) is 0 Å². The minimum Gasteiger partial charge on any atom is -0.493 e. The Morgan fingerprint density at radius 2 is 2.00 bits per heavy atom. The van der Waals surface area contributed by atoms with E-state index in [1.807, 2.05) is 29.7 Å². The Labute approximate surface area is 174 Å². The smallest absolute Gasteiger partial charge is 0.289 e. The summed E-state index contributed by atoms with van der Waals surface area (Å²) in [5.74, 6) is 1.33. The van der Waals surface area contributed by atoms with E-state index in [1.165, 1.54) is 0 Å². The van der Waals surface area contributed by atoms with Crippen LogP contribution >= 0.6 is 0 Å². The number of nitrogens with zero attached hydrogens (tertiary/aromatic N) is 3. The Bertz CT molecular complexity index is 1120. The van der Waals surface area contributed by atoms with Gasteiger partial charge in [0.25, 0.3) is 11.8 Å². The van der Waals surface area contributed by atoms with Gasteiger partial charge in [0.1, 0.15) is 0 Å². The predicted octanol–water partition coefficient (Wildman–Crippen LogP) is 2.46. The second-order valence-corrected chi connectivity index (χ2v) is 7.01. The SMILES string of the molecule is CCN1CCn2c(nc3cc(C(=O)NCc4cccc(OC)c4OC)ccc32)C1=O. The summed E-state index contributed by atoms with van der Waals surface area (Å²) in [4.78, 5) is 31.6. The van der Waals surface area contributed by atoms with Crippen LogP contribution in [0.2, 0.25) is 0 Å². The van der Waals surface area contributed by atoms with E-state index in [-0.39, 0.29) is 11.8 Å². The number of carbonyl (C=O) groups is 2. The van der Waals surface area contributed by atoms with Gasteiger partial charge in [0.05, 0.1) is 25.3 Å². The maximum Gasteiger partial charge on any atom is 0.289 e. The Hall–Kier alpha value is -3.55. The number of hydrogen-bond donors (Lipinski definition) is 1. The van der Waals surface area contributed by atoms with E-state index < -0.39 is 0 Å². The maximum atomic E-state index is 12.7. The largest absolute Gasteiger partial charge is 0.493 e. The number of fused-ring (bicyclic) bond motifs is 3. The van der Waals surface area contributed by atoms with Crippen molar-refractivity contribution >= 4 is 22.8 Å². The molecule has 0 bridgehead atoms. The molecule has 30 heavy (non-hydrogen) atoms. The molecule has 0 radical (unpaired) electrons. The molecule has 1 aromatic heterocycles. The van der Waals surface area contributed by atoms with Crippen LogP contribution in [0.1, 0.15) is 33.5 Å². The molecule has 1 N–H and O–H groups in total. The zero-order chi connectivity index (χ0) is 21.3. The summed E-state index contributed by atoms with van der Waals surface area (Å²) in [6.45, 7) is 4.27. The summed E-state index contributed by atoms with van der Waals surface area (Å²) >= 11 is 0. The average Bonchev–Trinajstić information content (AvgIpc) is 3.16. The molecule has 0 aliphatic carbocycles. The molecule has 0 atom stereocenters. The molecule has 0 unspecified atom stereocenters. The molecule has 1 aliphatic heterocycles. The lowest BCUT2D eigenvalue weighted by Crippen LogP contribution is -2.40. The first kappa shape index (κ1) is 19.8. The molecule has 8 nitrogen and oxygen atoms in total. The average molecular weight is 408 g/mol. The number of amides is 2. The molecule has 1 aliphatic rings. The molecule has 2 aromatic carbocycles. The van der Waals surface area contributed by atoms with Crippen LogP contribution < -0.4 is 14.8 Å². The fourth-order valence-corrected chi connectivity index (χ4v) is 3.80. The summed E-state index contributed by atoms with van der Waals surface area (Å²) in [6.07, 6.45) is 0. The lowest BCUT2D eigenvalue weighted by molar-refractivity contribution is 0.0709. The third kappa shape index (κ3) is 3.34. The number of likely N-dealkylation sites (N-methyl/N-ethyl adjacent to an activating group) is 1. The van der Waals surface area contributed by atoms with Crippen LogP contribution in [0.4, 0.5) is 0 Å². The first-order valence-electron chi connectivity index (χ1n) is 9.85. The van der Waals surface area contributed by atoms with E-state index in [2.05, 4.69) is 10.3 Å². The summed E-state index contributed by atoms with van der Waals surface area (Å²) in [5, 5.41) is 2.91. The Balaban J connectivity index is 1.56. The zero-order valence-corrected chi connectivity index (χ0v) is 17.3. The van der Waals surface area contributed by atoms with Crippen LogP contribution in [0, 0.1) is 0 Å². The summed E-state index contributed by atoms with van der Waals surface area (Å²) in [7, 11) is 3.14. The highest BCUT2D eigenvalue weighted by Crippen LogP contribution is 2.30. The fourth-order valence-electron chi connectivity index (χ4n) is 3.80. The van der Waals surface area contributed by atoms with Crippen molar-refractivity contribution in [1.29, 1.82) is 0 Å². The molecule has 4 rings (SSSR count). The third-order valence-electron chi connectivity index (χ3n) is 5.39. The van der Waals surface area contributed by atoms with Crippen LogP contribution in [0.25, 0.3) is 11.0 Å².